The van der Waals surface area contributed by atoms with Gasteiger partial charge in [-0.15, -0.1) is 0 Å². The largest absolute Gasteiger partial charge is 0.464 e. The molecule has 0 radical (unpaired) electrons. The van der Waals surface area contributed by atoms with Crippen LogP contribution < -0.4 is 5.32 Å². The number of hydrogen-bond acceptors (Lipinski definition) is 3. The van der Waals surface area contributed by atoms with Crippen molar-refractivity contribution < 1.29 is 22.7 Å². The van der Waals surface area contributed by atoms with Gasteiger partial charge < -0.3 is 4.74 Å². The molecule has 0 rings (SSSR count). The molecule has 0 spiro atoms. The number of hydrogen-bond donors (Lipinski definition) is 1. The van der Waals surface area contributed by atoms with Crippen molar-refractivity contribution in [1.82, 2.24) is 5.32 Å². The van der Waals surface area contributed by atoms with Gasteiger partial charge in [-0.1, -0.05) is 13.8 Å². The third-order valence-corrected chi connectivity index (χ3v) is 1.17. The Morgan fingerprint density at radius 1 is 1.43 bits per heavy atom. The van der Waals surface area contributed by atoms with Gasteiger partial charge in [0.2, 0.25) is 0 Å². The molecule has 0 aliphatic heterocycles. The summed E-state index contributed by atoms with van der Waals surface area (Å²) >= 11 is 0. The molecular formula is C8H14F3NO2. The lowest BCUT2D eigenvalue weighted by molar-refractivity contribution is -0.145. The first-order chi connectivity index (χ1) is 6.31. The molecule has 0 aliphatic carbocycles. The molecule has 0 aliphatic rings. The molecule has 0 bridgehead atoms. The van der Waals surface area contributed by atoms with Crippen LogP contribution in [-0.4, -0.2) is 31.8 Å². The summed E-state index contributed by atoms with van der Waals surface area (Å²) in [4.78, 5) is 10.8. The van der Waals surface area contributed by atoms with E-state index in [0.717, 1.165) is 0 Å². The van der Waals surface area contributed by atoms with Crippen LogP contribution in [-0.2, 0) is 9.53 Å². The number of alkyl halides is 3. The molecule has 1 N–H and O–H groups in total. The van der Waals surface area contributed by atoms with Gasteiger partial charge in [0, 0.05) is 0 Å². The van der Waals surface area contributed by atoms with Gasteiger partial charge in [-0.25, -0.2) is 0 Å². The third-order valence-electron chi connectivity index (χ3n) is 1.17. The van der Waals surface area contributed by atoms with Crippen LogP contribution in [0.1, 0.15) is 13.8 Å². The van der Waals surface area contributed by atoms with Crippen LogP contribution in [0.25, 0.3) is 0 Å². The predicted octanol–water partition coefficient (Wildman–Crippen LogP) is 1.34. The number of rotatable bonds is 5. The highest BCUT2D eigenvalue weighted by Crippen LogP contribution is 2.11. The van der Waals surface area contributed by atoms with Crippen LogP contribution in [0.2, 0.25) is 0 Å². The number of carbonyl (C=O) groups is 1. The Morgan fingerprint density at radius 2 is 2.00 bits per heavy atom. The Kier molecular flexibility index (Phi) is 5.52. The van der Waals surface area contributed by atoms with Crippen molar-refractivity contribution in [1.29, 1.82) is 0 Å². The molecule has 0 aromatic rings. The van der Waals surface area contributed by atoms with Crippen molar-refractivity contribution in [2.24, 2.45) is 5.92 Å². The lowest BCUT2D eigenvalue weighted by Gasteiger charge is -2.09. The van der Waals surface area contributed by atoms with E-state index in [9.17, 15) is 18.0 Å². The molecule has 14 heavy (non-hydrogen) atoms. The normalized spacial score (nSPS) is 11.9. The summed E-state index contributed by atoms with van der Waals surface area (Å²) in [5, 5.41) is 1.95. The zero-order valence-electron chi connectivity index (χ0n) is 8.15. The average molecular weight is 213 g/mol. The second kappa shape index (κ2) is 5.85. The number of esters is 1. The third kappa shape index (κ3) is 9.31. The molecule has 0 unspecified atom stereocenters. The SMILES string of the molecule is CC(C)COC(=O)CNCC(F)(F)F. The smallest absolute Gasteiger partial charge is 0.401 e. The molecular weight excluding hydrogens is 199 g/mol. The van der Waals surface area contributed by atoms with Gasteiger partial charge in [0.15, 0.2) is 0 Å². The van der Waals surface area contributed by atoms with Crippen LogP contribution in [0.4, 0.5) is 13.2 Å². The lowest BCUT2D eigenvalue weighted by Crippen LogP contribution is -2.33. The molecule has 3 nitrogen and oxygen atoms in total. The van der Waals surface area contributed by atoms with Crippen LogP contribution in [0.3, 0.4) is 0 Å². The van der Waals surface area contributed by atoms with Crippen molar-refractivity contribution in [3.8, 4) is 0 Å². The highest BCUT2D eigenvalue weighted by molar-refractivity contribution is 5.71. The van der Waals surface area contributed by atoms with Crippen LogP contribution >= 0.6 is 0 Å². The van der Waals surface area contributed by atoms with Gasteiger partial charge in [0.05, 0.1) is 19.7 Å². The monoisotopic (exact) mass is 213 g/mol. The first-order valence-electron chi connectivity index (χ1n) is 4.24. The van der Waals surface area contributed by atoms with E-state index in [1.54, 1.807) is 0 Å². The van der Waals surface area contributed by atoms with Crippen molar-refractivity contribution in [2.45, 2.75) is 20.0 Å². The number of carbonyl (C=O) groups excluding carboxylic acids is 1. The van der Waals surface area contributed by atoms with Crippen LogP contribution in [0, 0.1) is 5.92 Å². The van der Waals surface area contributed by atoms with E-state index in [-0.39, 0.29) is 12.5 Å². The maximum absolute atomic E-state index is 11.6. The zero-order valence-corrected chi connectivity index (χ0v) is 8.15. The van der Waals surface area contributed by atoms with Crippen molar-refractivity contribution in [2.75, 3.05) is 19.7 Å². The highest BCUT2D eigenvalue weighted by Gasteiger charge is 2.26. The first-order valence-corrected chi connectivity index (χ1v) is 4.24. The molecule has 0 aromatic heterocycles. The van der Waals surface area contributed by atoms with Gasteiger partial charge in [0.25, 0.3) is 0 Å². The fourth-order valence-corrected chi connectivity index (χ4v) is 0.617. The van der Waals surface area contributed by atoms with E-state index in [4.69, 9.17) is 0 Å². The van der Waals surface area contributed by atoms with E-state index < -0.39 is 25.2 Å². The van der Waals surface area contributed by atoms with E-state index in [1.165, 1.54) is 0 Å². The van der Waals surface area contributed by atoms with Gasteiger partial charge >= 0.3 is 12.1 Å². The average Bonchev–Trinajstić information content (AvgIpc) is 1.98. The zero-order chi connectivity index (χ0) is 11.2. The summed E-state index contributed by atoms with van der Waals surface area (Å²) in [6, 6.07) is 0. The topological polar surface area (TPSA) is 38.3 Å². The van der Waals surface area contributed by atoms with E-state index in [0.29, 0.717) is 0 Å². The summed E-state index contributed by atoms with van der Waals surface area (Å²) in [5.74, 6) is -0.482. The Bertz CT molecular complexity index is 180. The number of nitrogens with one attached hydrogen (secondary N) is 1. The first kappa shape index (κ1) is 13.2. The fourth-order valence-electron chi connectivity index (χ4n) is 0.617. The van der Waals surface area contributed by atoms with E-state index in [2.05, 4.69) is 4.74 Å². The number of ether oxygens (including phenoxy) is 1. The molecule has 0 saturated carbocycles. The second-order valence-electron chi connectivity index (χ2n) is 3.30. The van der Waals surface area contributed by atoms with Crippen LogP contribution in [0.5, 0.6) is 0 Å². The van der Waals surface area contributed by atoms with Crippen molar-refractivity contribution in [3.05, 3.63) is 0 Å². The molecule has 84 valence electrons. The van der Waals surface area contributed by atoms with Crippen molar-refractivity contribution in [3.63, 3.8) is 0 Å². The van der Waals surface area contributed by atoms with Gasteiger partial charge in [-0.2, -0.15) is 13.2 Å². The van der Waals surface area contributed by atoms with E-state index >= 15 is 0 Å². The Morgan fingerprint density at radius 3 is 2.43 bits per heavy atom. The maximum atomic E-state index is 11.6. The summed E-state index contributed by atoms with van der Waals surface area (Å²) < 4.78 is 39.5. The predicted molar refractivity (Wildman–Crippen MR) is 44.7 cm³/mol. The minimum Gasteiger partial charge on any atom is -0.464 e. The number of halogens is 3. The molecule has 0 fully saturated rings. The minimum absolute atomic E-state index is 0.182. The fraction of sp³-hybridized carbons (Fsp3) is 0.875. The minimum atomic E-state index is -4.29. The molecule has 0 atom stereocenters. The van der Waals surface area contributed by atoms with E-state index in [1.807, 2.05) is 19.2 Å². The van der Waals surface area contributed by atoms with Gasteiger partial charge in [-0.05, 0) is 5.92 Å². The summed E-state index contributed by atoms with van der Waals surface area (Å²) in [5.41, 5.74) is 0. The molecule has 0 heterocycles. The van der Waals surface area contributed by atoms with Gasteiger partial charge in [0.1, 0.15) is 0 Å². The molecule has 6 heteroatoms. The lowest BCUT2D eigenvalue weighted by atomic mass is 10.2. The summed E-state index contributed by atoms with van der Waals surface area (Å²) in [7, 11) is 0. The Balaban J connectivity index is 3.46. The highest BCUT2D eigenvalue weighted by atomic mass is 19.4. The van der Waals surface area contributed by atoms with Crippen molar-refractivity contribution >= 4 is 5.97 Å². The maximum Gasteiger partial charge on any atom is 0.401 e. The summed E-state index contributed by atoms with van der Waals surface area (Å²) in [6.07, 6.45) is -4.29. The molecule has 0 amide bonds. The Labute approximate surface area is 80.6 Å². The van der Waals surface area contributed by atoms with Gasteiger partial charge in [-0.3, -0.25) is 10.1 Å². The molecule has 0 aromatic carbocycles. The van der Waals surface area contributed by atoms with Crippen LogP contribution in [0.15, 0.2) is 0 Å². The quantitative estimate of drug-likeness (QED) is 0.700. The molecule has 0 saturated heterocycles. The summed E-state index contributed by atoms with van der Waals surface area (Å²) in [6.45, 7) is 2.33. The second-order valence-corrected chi connectivity index (χ2v) is 3.30. The Hall–Kier alpha value is -0.780. The standard InChI is InChI=1S/C8H14F3NO2/c1-6(2)4-14-7(13)3-12-5-8(9,10)11/h6,12H,3-5H2,1-2H3.